The number of ketones is 1. The Balaban J connectivity index is 2.02. The molecule has 0 aromatic carbocycles. The molecule has 2 aromatic heterocycles. The molecular weight excluding hydrogens is 567 g/mol. The molecule has 1 N–H and O–H groups in total. The molecule has 1 saturated carbocycles. The molecule has 0 bridgehead atoms. The van der Waals surface area contributed by atoms with Crippen molar-refractivity contribution < 1.29 is 37.1 Å². The summed E-state index contributed by atoms with van der Waals surface area (Å²) in [4.78, 5) is 42.9. The lowest BCUT2D eigenvalue weighted by molar-refractivity contribution is -0.154. The highest BCUT2D eigenvalue weighted by molar-refractivity contribution is 6.39. The van der Waals surface area contributed by atoms with Crippen molar-refractivity contribution in [1.29, 1.82) is 0 Å². The smallest absolute Gasteiger partial charge is 0.433 e. The summed E-state index contributed by atoms with van der Waals surface area (Å²) in [5.74, 6) is -3.09. The summed E-state index contributed by atoms with van der Waals surface area (Å²) in [6.07, 6.45) is -4.82. The Hall–Kier alpha value is -2.73. The maximum Gasteiger partial charge on any atom is 0.433 e. The van der Waals surface area contributed by atoms with Gasteiger partial charge in [-0.05, 0) is 31.6 Å². The molecule has 39 heavy (non-hydrogen) atoms. The van der Waals surface area contributed by atoms with Crippen molar-refractivity contribution in [2.75, 3.05) is 13.1 Å². The van der Waals surface area contributed by atoms with Crippen molar-refractivity contribution >= 4 is 40.9 Å². The van der Waals surface area contributed by atoms with Crippen molar-refractivity contribution in [3.63, 3.8) is 0 Å². The van der Waals surface area contributed by atoms with Crippen LogP contribution >= 0.6 is 23.2 Å². The zero-order valence-electron chi connectivity index (χ0n) is 21.7. The average Bonchev–Trinajstić information content (AvgIpc) is 3.22. The minimum atomic E-state index is -5.11. The molecule has 0 saturated heterocycles. The number of carbonyl (C=O) groups is 3. The van der Waals surface area contributed by atoms with E-state index in [1.807, 2.05) is 0 Å². The van der Waals surface area contributed by atoms with Crippen molar-refractivity contribution in [1.82, 2.24) is 19.7 Å². The number of halogens is 6. The maximum atomic E-state index is 15.1. The van der Waals surface area contributed by atoms with Crippen molar-refractivity contribution in [3.05, 3.63) is 45.5 Å². The van der Waals surface area contributed by atoms with Gasteiger partial charge in [0, 0.05) is 18.9 Å². The van der Waals surface area contributed by atoms with Crippen LogP contribution in [-0.2, 0) is 11.0 Å². The molecule has 2 aromatic rings. The third-order valence-electron chi connectivity index (χ3n) is 6.60. The largest absolute Gasteiger partial charge is 0.481 e. The first-order chi connectivity index (χ1) is 17.9. The number of aromatic nitrogens is 3. The highest BCUT2D eigenvalue weighted by Gasteiger charge is 2.48. The van der Waals surface area contributed by atoms with Crippen LogP contribution in [0.3, 0.4) is 0 Å². The number of aliphatic carboxylic acids is 1. The molecule has 0 aliphatic heterocycles. The maximum absolute atomic E-state index is 15.1. The number of carboxylic acids is 1. The molecular formula is C25H28Cl2F4N4O4. The predicted octanol–water partition coefficient (Wildman–Crippen LogP) is 6.13. The molecule has 0 radical (unpaired) electrons. The molecule has 1 fully saturated rings. The first kappa shape index (κ1) is 30.8. The average molecular weight is 595 g/mol. The summed E-state index contributed by atoms with van der Waals surface area (Å²) in [6, 6.07) is -1.43. The standard InChI is InChI=1S/C25H28Cl2F4N4O4/c1-23(2,3)12-34(11-18(36)19-14(26)9-32-10-15(19)27)21(37)13-8-33-35(20(13)25(29,30)31)17-5-6-24(4,22(38)39)7-16(17)28/h8-10,16-17H,5-7,11-12H2,1-4H3,(H,38,39)/t16-,17+,24+/m0/s1. The SMILES string of the molecule is CC(C)(C)CN(CC(=O)c1c(Cl)cncc1Cl)C(=O)c1cnn([C@@H]2CC[C@@](C)(C(=O)O)C[C@@H]2F)c1C(F)(F)F. The predicted molar refractivity (Wildman–Crippen MR) is 135 cm³/mol. The van der Waals surface area contributed by atoms with E-state index in [0.29, 0.717) is 10.9 Å². The van der Waals surface area contributed by atoms with Crippen molar-refractivity contribution in [2.24, 2.45) is 10.8 Å². The number of carbonyl (C=O) groups excluding carboxylic acids is 2. The molecule has 3 rings (SSSR count). The monoisotopic (exact) mass is 594 g/mol. The van der Waals surface area contributed by atoms with E-state index in [1.54, 1.807) is 20.8 Å². The van der Waals surface area contributed by atoms with Gasteiger partial charge in [0.15, 0.2) is 11.5 Å². The third-order valence-corrected chi connectivity index (χ3v) is 7.17. The summed E-state index contributed by atoms with van der Waals surface area (Å²) >= 11 is 12.1. The van der Waals surface area contributed by atoms with Gasteiger partial charge >= 0.3 is 12.1 Å². The number of alkyl halides is 4. The second-order valence-electron chi connectivity index (χ2n) is 11.2. The van der Waals surface area contributed by atoms with E-state index < -0.39 is 71.1 Å². The van der Waals surface area contributed by atoms with Gasteiger partial charge < -0.3 is 10.0 Å². The second-order valence-corrected chi connectivity index (χ2v) is 12.0. The molecule has 14 heteroatoms. The Kier molecular flexibility index (Phi) is 8.72. The fourth-order valence-electron chi connectivity index (χ4n) is 4.71. The fraction of sp³-hybridized carbons (Fsp3) is 0.560. The first-order valence-electron chi connectivity index (χ1n) is 12.0. The van der Waals surface area contributed by atoms with Gasteiger partial charge in [-0.2, -0.15) is 18.3 Å². The first-order valence-corrected chi connectivity index (χ1v) is 12.7. The van der Waals surface area contributed by atoms with E-state index in [1.165, 1.54) is 19.3 Å². The van der Waals surface area contributed by atoms with Crippen LogP contribution in [0.1, 0.15) is 79.4 Å². The number of nitrogens with zero attached hydrogens (tertiary/aromatic N) is 4. The molecule has 8 nitrogen and oxygen atoms in total. The lowest BCUT2D eigenvalue weighted by Gasteiger charge is -2.37. The molecule has 0 spiro atoms. The van der Waals surface area contributed by atoms with Crippen LogP contribution in [0.25, 0.3) is 0 Å². The Morgan fingerprint density at radius 3 is 2.23 bits per heavy atom. The Morgan fingerprint density at radius 2 is 1.74 bits per heavy atom. The van der Waals surface area contributed by atoms with Crippen LogP contribution in [0.2, 0.25) is 10.0 Å². The summed E-state index contributed by atoms with van der Waals surface area (Å²) in [5.41, 5.74) is -4.52. The van der Waals surface area contributed by atoms with Crippen molar-refractivity contribution in [2.45, 2.75) is 65.3 Å². The Morgan fingerprint density at radius 1 is 1.15 bits per heavy atom. The van der Waals surface area contributed by atoms with E-state index in [-0.39, 0.29) is 35.0 Å². The lowest BCUT2D eigenvalue weighted by atomic mass is 9.73. The number of rotatable bonds is 7. The van der Waals surface area contributed by atoms with Gasteiger partial charge in [0.25, 0.3) is 5.91 Å². The van der Waals surface area contributed by atoms with Crippen LogP contribution in [0.4, 0.5) is 17.6 Å². The van der Waals surface area contributed by atoms with Gasteiger partial charge in [-0.3, -0.25) is 24.0 Å². The zero-order valence-corrected chi connectivity index (χ0v) is 23.2. The quantitative estimate of drug-likeness (QED) is 0.305. The summed E-state index contributed by atoms with van der Waals surface area (Å²) in [5, 5.41) is 13.0. The van der Waals surface area contributed by atoms with Crippen LogP contribution < -0.4 is 0 Å². The highest BCUT2D eigenvalue weighted by Crippen LogP contribution is 2.45. The molecule has 3 atom stereocenters. The minimum Gasteiger partial charge on any atom is -0.481 e. The van der Waals surface area contributed by atoms with Crippen LogP contribution in [0.5, 0.6) is 0 Å². The summed E-state index contributed by atoms with van der Waals surface area (Å²) in [6.45, 7) is 5.76. The topological polar surface area (TPSA) is 105 Å². The van der Waals surface area contributed by atoms with E-state index in [4.69, 9.17) is 23.2 Å². The number of amides is 1. The number of hydrogen-bond acceptors (Lipinski definition) is 5. The summed E-state index contributed by atoms with van der Waals surface area (Å²) in [7, 11) is 0. The second kappa shape index (κ2) is 11.0. The Bertz CT molecular complexity index is 1260. The normalized spacial score (nSPS) is 22.0. The van der Waals surface area contributed by atoms with Gasteiger partial charge in [0.1, 0.15) is 6.17 Å². The van der Waals surface area contributed by atoms with Gasteiger partial charge in [-0.1, -0.05) is 44.0 Å². The van der Waals surface area contributed by atoms with E-state index >= 15 is 4.39 Å². The highest BCUT2D eigenvalue weighted by atomic mass is 35.5. The molecule has 1 aliphatic carbocycles. The third kappa shape index (κ3) is 6.71. The van der Waals surface area contributed by atoms with E-state index in [9.17, 15) is 32.7 Å². The molecule has 1 amide bonds. The van der Waals surface area contributed by atoms with Gasteiger partial charge in [0.05, 0.1) is 45.4 Å². The summed E-state index contributed by atoms with van der Waals surface area (Å²) < 4.78 is 58.6. The van der Waals surface area contributed by atoms with Crippen LogP contribution in [0.15, 0.2) is 18.6 Å². The minimum absolute atomic E-state index is 0.0774. The molecule has 1 aliphatic rings. The lowest BCUT2D eigenvalue weighted by Crippen LogP contribution is -2.42. The van der Waals surface area contributed by atoms with Gasteiger partial charge in [0.2, 0.25) is 0 Å². The van der Waals surface area contributed by atoms with Crippen LogP contribution in [0, 0.1) is 10.8 Å². The van der Waals surface area contributed by atoms with Crippen molar-refractivity contribution in [3.8, 4) is 0 Å². The van der Waals surface area contributed by atoms with E-state index in [0.717, 1.165) is 4.90 Å². The van der Waals surface area contributed by atoms with Crippen LogP contribution in [-0.4, -0.2) is 61.7 Å². The molecule has 0 unspecified atom stereocenters. The van der Waals surface area contributed by atoms with Gasteiger partial charge in [-0.15, -0.1) is 0 Å². The number of hydrogen-bond donors (Lipinski definition) is 1. The Labute approximate surface area is 232 Å². The number of carboxylic acid groups (broad SMARTS) is 1. The fourth-order valence-corrected chi connectivity index (χ4v) is 5.29. The van der Waals surface area contributed by atoms with Gasteiger partial charge in [-0.25, -0.2) is 4.39 Å². The molecule has 214 valence electrons. The number of pyridine rings is 1. The molecule has 2 heterocycles. The van der Waals surface area contributed by atoms with E-state index in [2.05, 4.69) is 10.1 Å². The zero-order chi connectivity index (χ0) is 29.5. The number of Topliss-reactive ketones (excluding diaryl/α,β-unsaturated/α-hetero) is 1.